The molecule has 0 bridgehead atoms. The molecule has 0 radical (unpaired) electrons. The lowest BCUT2D eigenvalue weighted by atomic mass is 9.89. The molecule has 2 atom stereocenters. The van der Waals surface area contributed by atoms with Gasteiger partial charge in [-0.1, -0.05) is 19.3 Å². The van der Waals surface area contributed by atoms with Crippen LogP contribution in [0.15, 0.2) is 0 Å². The van der Waals surface area contributed by atoms with Crippen molar-refractivity contribution in [1.29, 1.82) is 0 Å². The molecule has 4 rings (SSSR count). The molecule has 3 heterocycles. The number of H-pyrrole nitrogens is 1. The first kappa shape index (κ1) is 17.4. The van der Waals surface area contributed by atoms with Crippen LogP contribution in [0.1, 0.15) is 68.4 Å². The van der Waals surface area contributed by atoms with Crippen LogP contribution in [0.4, 0.5) is 4.39 Å². The third-order valence-electron chi connectivity index (χ3n) is 6.71. The molecule has 5 nitrogen and oxygen atoms in total. The van der Waals surface area contributed by atoms with Crippen molar-refractivity contribution in [1.82, 2.24) is 25.0 Å². The number of hydrogen-bond donors (Lipinski definition) is 1. The number of hydrogen-bond acceptors (Lipinski definition) is 4. The van der Waals surface area contributed by atoms with E-state index in [1.807, 2.05) is 0 Å². The van der Waals surface area contributed by atoms with Gasteiger partial charge in [-0.25, -0.2) is 4.98 Å². The molecule has 0 amide bonds. The van der Waals surface area contributed by atoms with E-state index < -0.39 is 0 Å². The van der Waals surface area contributed by atoms with Crippen molar-refractivity contribution in [2.75, 3.05) is 39.9 Å². The molecule has 3 fully saturated rings. The Labute approximate surface area is 150 Å². The smallest absolute Gasteiger partial charge is 0.153 e. The van der Waals surface area contributed by atoms with Crippen LogP contribution in [0.2, 0.25) is 0 Å². The van der Waals surface area contributed by atoms with Gasteiger partial charge >= 0.3 is 0 Å². The zero-order valence-electron chi connectivity index (χ0n) is 15.5. The Bertz CT molecular complexity index is 548. The molecule has 2 aliphatic heterocycles. The quantitative estimate of drug-likeness (QED) is 0.908. The van der Waals surface area contributed by atoms with Gasteiger partial charge in [0.2, 0.25) is 0 Å². The highest BCUT2D eigenvalue weighted by Gasteiger charge is 2.39. The van der Waals surface area contributed by atoms with E-state index in [1.165, 1.54) is 44.9 Å². The van der Waals surface area contributed by atoms with Crippen molar-refractivity contribution in [3.8, 4) is 0 Å². The first-order valence-electron chi connectivity index (χ1n) is 10.2. The van der Waals surface area contributed by atoms with Crippen molar-refractivity contribution in [3.05, 3.63) is 11.6 Å². The second-order valence-corrected chi connectivity index (χ2v) is 8.42. The fourth-order valence-corrected chi connectivity index (χ4v) is 5.03. The summed E-state index contributed by atoms with van der Waals surface area (Å²) in [5.74, 6) is 2.65. The predicted octanol–water partition coefficient (Wildman–Crippen LogP) is 2.93. The van der Waals surface area contributed by atoms with E-state index in [0.717, 1.165) is 37.8 Å². The number of halogens is 1. The normalized spacial score (nSPS) is 31.0. The molecule has 1 aliphatic carbocycles. The summed E-state index contributed by atoms with van der Waals surface area (Å²) in [6.45, 7) is 3.85. The second kappa shape index (κ2) is 7.70. The number of aromatic nitrogens is 3. The number of aromatic amines is 1. The Morgan fingerprint density at radius 3 is 2.56 bits per heavy atom. The largest absolute Gasteiger partial charge is 0.306 e. The lowest BCUT2D eigenvalue weighted by molar-refractivity contribution is 0.137. The fourth-order valence-electron chi connectivity index (χ4n) is 5.03. The molecule has 1 aromatic rings. The van der Waals surface area contributed by atoms with Gasteiger partial charge in [0.15, 0.2) is 5.82 Å². The molecular formula is C19H32FN5. The maximum Gasteiger partial charge on any atom is 0.153 e. The molecule has 2 saturated heterocycles. The summed E-state index contributed by atoms with van der Waals surface area (Å²) >= 11 is 0. The van der Waals surface area contributed by atoms with E-state index in [-0.39, 0.29) is 18.5 Å². The molecule has 1 aromatic heterocycles. The summed E-state index contributed by atoms with van der Waals surface area (Å²) < 4.78 is 13.7. The fraction of sp³-hybridized carbons (Fsp3) is 0.895. The van der Waals surface area contributed by atoms with Crippen LogP contribution < -0.4 is 0 Å². The van der Waals surface area contributed by atoms with Crippen LogP contribution in [-0.2, 0) is 0 Å². The number of piperidine rings is 1. The molecule has 0 aromatic carbocycles. The number of alkyl halides is 1. The first-order chi connectivity index (χ1) is 12.2. The summed E-state index contributed by atoms with van der Waals surface area (Å²) in [6.07, 6.45) is 8.72. The van der Waals surface area contributed by atoms with Gasteiger partial charge < -0.3 is 4.90 Å². The van der Waals surface area contributed by atoms with Crippen LogP contribution in [0.5, 0.6) is 0 Å². The first-order valence-corrected chi connectivity index (χ1v) is 10.2. The molecule has 3 aliphatic rings. The van der Waals surface area contributed by atoms with Gasteiger partial charge in [-0.3, -0.25) is 14.4 Å². The Morgan fingerprint density at radius 1 is 1.08 bits per heavy atom. The lowest BCUT2D eigenvalue weighted by Crippen LogP contribution is -2.42. The van der Waals surface area contributed by atoms with E-state index >= 15 is 0 Å². The van der Waals surface area contributed by atoms with Crippen molar-refractivity contribution < 1.29 is 4.39 Å². The van der Waals surface area contributed by atoms with Crippen molar-refractivity contribution in [3.63, 3.8) is 0 Å². The highest BCUT2D eigenvalue weighted by atomic mass is 19.1. The predicted molar refractivity (Wildman–Crippen MR) is 96.5 cm³/mol. The number of nitrogens with one attached hydrogen (secondary N) is 1. The van der Waals surface area contributed by atoms with Crippen LogP contribution in [0, 0.1) is 5.92 Å². The molecule has 2 unspecified atom stereocenters. The number of rotatable bonds is 4. The average Bonchev–Trinajstić information content (AvgIpc) is 3.30. The summed E-state index contributed by atoms with van der Waals surface area (Å²) in [6, 6.07) is 0.607. The zero-order chi connectivity index (χ0) is 17.2. The minimum Gasteiger partial charge on any atom is -0.306 e. The van der Waals surface area contributed by atoms with Crippen molar-refractivity contribution >= 4 is 0 Å². The van der Waals surface area contributed by atoms with Crippen LogP contribution in [0.3, 0.4) is 0 Å². The van der Waals surface area contributed by atoms with Gasteiger partial charge in [0, 0.05) is 36.9 Å². The standard InChI is InChI=1S/C19H32FN5/c1-24-9-7-16(8-10-24)25-12-15(11-20)17(13-25)19-21-18(22-23-19)14-5-3-2-4-6-14/h14-17H,2-13H2,1H3,(H,21,22,23). The van der Waals surface area contributed by atoms with E-state index in [2.05, 4.69) is 27.0 Å². The maximum absolute atomic E-state index is 13.7. The Hall–Kier alpha value is -1.01. The number of nitrogens with zero attached hydrogens (tertiary/aromatic N) is 4. The molecule has 25 heavy (non-hydrogen) atoms. The van der Waals surface area contributed by atoms with Gasteiger partial charge in [0.05, 0.1) is 6.67 Å². The Morgan fingerprint density at radius 2 is 1.84 bits per heavy atom. The minimum absolute atomic E-state index is 0.0619. The number of likely N-dealkylation sites (tertiary alicyclic amines) is 2. The third kappa shape index (κ3) is 3.75. The van der Waals surface area contributed by atoms with Crippen molar-refractivity contribution in [2.45, 2.75) is 62.8 Å². The minimum atomic E-state index is -0.257. The molecule has 1 N–H and O–H groups in total. The molecule has 140 valence electrons. The lowest BCUT2D eigenvalue weighted by Gasteiger charge is -2.35. The maximum atomic E-state index is 13.7. The molecule has 6 heteroatoms. The summed E-state index contributed by atoms with van der Waals surface area (Å²) in [4.78, 5) is 9.75. The van der Waals surface area contributed by atoms with E-state index in [9.17, 15) is 4.39 Å². The van der Waals surface area contributed by atoms with Gasteiger partial charge in [-0.15, -0.1) is 0 Å². The SMILES string of the molecule is CN1CCC(N2CC(CF)C(c3nc(C4CCCCC4)n[nH]3)C2)CC1. The molecule has 0 spiro atoms. The van der Waals surface area contributed by atoms with E-state index in [0.29, 0.717) is 12.0 Å². The highest BCUT2D eigenvalue weighted by molar-refractivity contribution is 5.09. The Kier molecular flexibility index (Phi) is 5.36. The van der Waals surface area contributed by atoms with Gasteiger partial charge in [-0.05, 0) is 45.8 Å². The van der Waals surface area contributed by atoms with E-state index in [1.54, 1.807) is 0 Å². The zero-order valence-corrected chi connectivity index (χ0v) is 15.5. The third-order valence-corrected chi connectivity index (χ3v) is 6.71. The summed E-state index contributed by atoms with van der Waals surface area (Å²) in [7, 11) is 2.19. The van der Waals surface area contributed by atoms with Gasteiger partial charge in [0.1, 0.15) is 5.82 Å². The van der Waals surface area contributed by atoms with Gasteiger partial charge in [-0.2, -0.15) is 5.10 Å². The second-order valence-electron chi connectivity index (χ2n) is 8.42. The Balaban J connectivity index is 1.43. The van der Waals surface area contributed by atoms with Crippen LogP contribution in [0.25, 0.3) is 0 Å². The topological polar surface area (TPSA) is 48.1 Å². The molecule has 1 saturated carbocycles. The van der Waals surface area contributed by atoms with Gasteiger partial charge in [0.25, 0.3) is 0 Å². The highest BCUT2D eigenvalue weighted by Crippen LogP contribution is 2.36. The van der Waals surface area contributed by atoms with E-state index in [4.69, 9.17) is 4.98 Å². The summed E-state index contributed by atoms with van der Waals surface area (Å²) in [5.41, 5.74) is 0. The monoisotopic (exact) mass is 349 g/mol. The van der Waals surface area contributed by atoms with Crippen molar-refractivity contribution in [2.24, 2.45) is 5.92 Å². The van der Waals surface area contributed by atoms with Crippen LogP contribution in [-0.4, -0.2) is 70.9 Å². The molecular weight excluding hydrogens is 317 g/mol. The summed E-state index contributed by atoms with van der Waals surface area (Å²) in [5, 5.41) is 7.69. The van der Waals surface area contributed by atoms with Crippen LogP contribution >= 0.6 is 0 Å². The average molecular weight is 349 g/mol.